The van der Waals surface area contributed by atoms with Crippen LogP contribution in [0.4, 0.5) is 14.5 Å². The topological polar surface area (TPSA) is 42.9 Å². The molecule has 2 aliphatic heterocycles. The Balaban J connectivity index is 1.24. The van der Waals surface area contributed by atoms with Crippen LogP contribution in [0, 0.1) is 11.6 Å². The molecule has 1 atom stereocenters. The summed E-state index contributed by atoms with van der Waals surface area (Å²) in [5.41, 5.74) is 1.52. The SMILES string of the molecule is CN=C(NCCN1CCc2sccc2C1)NC1CCN(c2c(F)cccc2F)C1. The first-order valence-electron chi connectivity index (χ1n) is 10.1. The summed E-state index contributed by atoms with van der Waals surface area (Å²) < 4.78 is 28.1. The Morgan fingerprint density at radius 1 is 1.24 bits per heavy atom. The van der Waals surface area contributed by atoms with Crippen LogP contribution in [0.2, 0.25) is 0 Å². The maximum absolute atomic E-state index is 14.0. The minimum atomic E-state index is -0.511. The number of guanidine groups is 1. The largest absolute Gasteiger partial charge is 0.365 e. The quantitative estimate of drug-likeness (QED) is 0.578. The minimum Gasteiger partial charge on any atom is -0.365 e. The van der Waals surface area contributed by atoms with E-state index in [1.165, 1.54) is 28.6 Å². The fraction of sp³-hybridized carbons (Fsp3) is 0.476. The highest BCUT2D eigenvalue weighted by atomic mass is 32.1. The molecule has 5 nitrogen and oxygen atoms in total. The number of nitrogens with one attached hydrogen (secondary N) is 2. The van der Waals surface area contributed by atoms with Crippen LogP contribution >= 0.6 is 11.3 Å². The number of hydrogen-bond acceptors (Lipinski definition) is 4. The summed E-state index contributed by atoms with van der Waals surface area (Å²) in [6.45, 7) is 5.02. The number of anilines is 1. The molecule has 3 heterocycles. The predicted molar refractivity (Wildman–Crippen MR) is 115 cm³/mol. The number of halogens is 2. The van der Waals surface area contributed by atoms with E-state index in [-0.39, 0.29) is 11.7 Å². The Morgan fingerprint density at radius 2 is 2.07 bits per heavy atom. The lowest BCUT2D eigenvalue weighted by molar-refractivity contribution is 0.260. The van der Waals surface area contributed by atoms with Crippen molar-refractivity contribution in [3.05, 3.63) is 51.7 Å². The number of hydrogen-bond donors (Lipinski definition) is 2. The molecule has 29 heavy (non-hydrogen) atoms. The second-order valence-electron chi connectivity index (χ2n) is 7.54. The molecule has 0 saturated carbocycles. The van der Waals surface area contributed by atoms with Crippen molar-refractivity contribution in [2.75, 3.05) is 44.7 Å². The number of nitrogens with zero attached hydrogens (tertiary/aromatic N) is 3. The molecule has 1 unspecified atom stereocenters. The standard InChI is InChI=1S/C21H27F2N5S/c1-24-21(25-8-11-27-9-6-19-15(13-27)7-12-29-19)26-16-5-10-28(14-16)20-17(22)3-2-4-18(20)23/h2-4,7,12,16H,5-6,8-11,13-14H2,1H3,(H2,24,25,26). The zero-order chi connectivity index (χ0) is 20.2. The summed E-state index contributed by atoms with van der Waals surface area (Å²) in [5, 5.41) is 8.94. The van der Waals surface area contributed by atoms with Crippen LogP contribution in [0.25, 0.3) is 0 Å². The second kappa shape index (κ2) is 9.09. The summed E-state index contributed by atoms with van der Waals surface area (Å²) >= 11 is 1.86. The molecule has 8 heteroatoms. The van der Waals surface area contributed by atoms with Gasteiger partial charge >= 0.3 is 0 Å². The van der Waals surface area contributed by atoms with Crippen LogP contribution in [0.1, 0.15) is 16.9 Å². The van der Waals surface area contributed by atoms with E-state index in [9.17, 15) is 8.78 Å². The molecular formula is C21H27F2N5S. The smallest absolute Gasteiger partial charge is 0.191 e. The molecule has 0 radical (unpaired) electrons. The first kappa shape index (κ1) is 20.1. The van der Waals surface area contributed by atoms with E-state index in [2.05, 4.69) is 32.0 Å². The van der Waals surface area contributed by atoms with Gasteiger partial charge in [0.1, 0.15) is 17.3 Å². The van der Waals surface area contributed by atoms with Crippen LogP contribution in [0.15, 0.2) is 34.6 Å². The average molecular weight is 420 g/mol. The molecule has 4 rings (SSSR count). The number of fused-ring (bicyclic) bond motifs is 1. The van der Waals surface area contributed by atoms with E-state index in [1.807, 2.05) is 11.3 Å². The summed E-state index contributed by atoms with van der Waals surface area (Å²) in [6.07, 6.45) is 1.94. The van der Waals surface area contributed by atoms with Crippen molar-refractivity contribution in [2.45, 2.75) is 25.4 Å². The highest BCUT2D eigenvalue weighted by Crippen LogP contribution is 2.27. The van der Waals surface area contributed by atoms with Crippen molar-refractivity contribution in [2.24, 2.45) is 4.99 Å². The summed E-state index contributed by atoms with van der Waals surface area (Å²) in [5.74, 6) is -0.286. The molecule has 1 aromatic carbocycles. The Bertz CT molecular complexity index is 848. The van der Waals surface area contributed by atoms with Crippen LogP contribution in [-0.4, -0.2) is 56.7 Å². The Labute approximate surface area is 174 Å². The van der Waals surface area contributed by atoms with E-state index in [1.54, 1.807) is 11.9 Å². The molecule has 0 aliphatic carbocycles. The summed E-state index contributed by atoms with van der Waals surface area (Å²) in [7, 11) is 1.75. The lowest BCUT2D eigenvalue weighted by Crippen LogP contribution is -2.47. The number of para-hydroxylation sites is 1. The Morgan fingerprint density at radius 3 is 2.86 bits per heavy atom. The predicted octanol–water partition coefficient (Wildman–Crippen LogP) is 2.83. The van der Waals surface area contributed by atoms with Crippen LogP contribution in [0.3, 0.4) is 0 Å². The zero-order valence-electron chi connectivity index (χ0n) is 16.6. The molecule has 0 amide bonds. The van der Waals surface area contributed by atoms with Crippen molar-refractivity contribution >= 4 is 23.0 Å². The van der Waals surface area contributed by atoms with Gasteiger partial charge in [0.05, 0.1) is 0 Å². The lowest BCUT2D eigenvalue weighted by Gasteiger charge is -2.27. The minimum absolute atomic E-state index is 0.0673. The molecule has 2 aromatic rings. The van der Waals surface area contributed by atoms with Gasteiger partial charge in [-0.1, -0.05) is 6.07 Å². The third-order valence-corrected chi connectivity index (χ3v) is 6.64. The van der Waals surface area contributed by atoms with Gasteiger partial charge in [-0.15, -0.1) is 11.3 Å². The molecule has 1 aromatic heterocycles. The summed E-state index contributed by atoms with van der Waals surface area (Å²) in [4.78, 5) is 10.0. The van der Waals surface area contributed by atoms with Crippen LogP contribution < -0.4 is 15.5 Å². The summed E-state index contributed by atoms with van der Waals surface area (Å²) in [6, 6.07) is 6.33. The normalized spacial score (nSPS) is 20.0. The van der Waals surface area contributed by atoms with Gasteiger partial charge < -0.3 is 15.5 Å². The lowest BCUT2D eigenvalue weighted by atomic mass is 10.1. The highest BCUT2D eigenvalue weighted by Gasteiger charge is 2.27. The maximum atomic E-state index is 14.0. The molecule has 1 fully saturated rings. The molecule has 0 bridgehead atoms. The van der Waals surface area contributed by atoms with Gasteiger partial charge in [0.25, 0.3) is 0 Å². The second-order valence-corrected chi connectivity index (χ2v) is 8.54. The first-order chi connectivity index (χ1) is 14.1. The van der Waals surface area contributed by atoms with E-state index in [0.29, 0.717) is 13.1 Å². The maximum Gasteiger partial charge on any atom is 0.191 e. The molecule has 1 saturated heterocycles. The van der Waals surface area contributed by atoms with E-state index < -0.39 is 11.6 Å². The molecule has 156 valence electrons. The van der Waals surface area contributed by atoms with Crippen molar-refractivity contribution < 1.29 is 8.78 Å². The number of benzene rings is 1. The third-order valence-electron chi connectivity index (χ3n) is 5.61. The van der Waals surface area contributed by atoms with Crippen molar-refractivity contribution in [1.29, 1.82) is 0 Å². The van der Waals surface area contributed by atoms with Crippen LogP contribution in [-0.2, 0) is 13.0 Å². The number of thiophene rings is 1. The fourth-order valence-corrected chi connectivity index (χ4v) is 4.98. The van der Waals surface area contributed by atoms with Gasteiger partial charge in [0.2, 0.25) is 0 Å². The van der Waals surface area contributed by atoms with Gasteiger partial charge in [0.15, 0.2) is 5.96 Å². The van der Waals surface area contributed by atoms with Gasteiger partial charge in [-0.2, -0.15) is 0 Å². The first-order valence-corrected chi connectivity index (χ1v) is 11.0. The number of rotatable bonds is 5. The Kier molecular flexibility index (Phi) is 6.30. The van der Waals surface area contributed by atoms with Gasteiger partial charge in [-0.25, -0.2) is 8.78 Å². The Hall–Kier alpha value is -2.19. The molecule has 2 aliphatic rings. The van der Waals surface area contributed by atoms with Crippen LogP contribution in [0.5, 0.6) is 0 Å². The van der Waals surface area contributed by atoms with E-state index in [4.69, 9.17) is 0 Å². The van der Waals surface area contributed by atoms with E-state index >= 15 is 0 Å². The molecular weight excluding hydrogens is 392 g/mol. The highest BCUT2D eigenvalue weighted by molar-refractivity contribution is 7.10. The number of aliphatic imine (C=N–C) groups is 1. The zero-order valence-corrected chi connectivity index (χ0v) is 17.4. The monoisotopic (exact) mass is 419 g/mol. The molecule has 2 N–H and O–H groups in total. The van der Waals surface area contributed by atoms with Crippen molar-refractivity contribution in [3.8, 4) is 0 Å². The average Bonchev–Trinajstić information content (AvgIpc) is 3.36. The van der Waals surface area contributed by atoms with Gasteiger partial charge in [-0.05, 0) is 42.0 Å². The fourth-order valence-electron chi connectivity index (χ4n) is 4.09. The van der Waals surface area contributed by atoms with E-state index in [0.717, 1.165) is 45.0 Å². The van der Waals surface area contributed by atoms with Crippen molar-refractivity contribution in [1.82, 2.24) is 15.5 Å². The van der Waals surface area contributed by atoms with Gasteiger partial charge in [-0.3, -0.25) is 9.89 Å². The van der Waals surface area contributed by atoms with Crippen molar-refractivity contribution in [3.63, 3.8) is 0 Å². The van der Waals surface area contributed by atoms with Gasteiger partial charge in [0, 0.05) is 57.2 Å². The molecule has 0 spiro atoms. The third kappa shape index (κ3) is 4.70.